The van der Waals surface area contributed by atoms with E-state index in [1.54, 1.807) is 6.26 Å². The number of fused-ring (bicyclic) bond motifs is 4. The van der Waals surface area contributed by atoms with Crippen LogP contribution in [-0.2, 0) is 11.4 Å². The van der Waals surface area contributed by atoms with Gasteiger partial charge in [-0.25, -0.2) is 4.79 Å². The van der Waals surface area contributed by atoms with E-state index in [2.05, 4.69) is 11.4 Å². The molecule has 1 atom stereocenters. The summed E-state index contributed by atoms with van der Waals surface area (Å²) in [5.41, 5.74) is 2.36. The summed E-state index contributed by atoms with van der Waals surface area (Å²) in [6.07, 6.45) is 5.54. The fraction of sp³-hybridized carbons (Fsp3) is 0.227. The number of hydrogen-bond acceptors (Lipinski definition) is 5. The molecule has 3 heterocycles. The van der Waals surface area contributed by atoms with Crippen molar-refractivity contribution in [1.29, 1.82) is 0 Å². The van der Waals surface area contributed by atoms with Crippen LogP contribution in [0.5, 0.6) is 17.2 Å². The van der Waals surface area contributed by atoms with Gasteiger partial charge < -0.3 is 19.5 Å². The Bertz CT molecular complexity index is 1160. The van der Waals surface area contributed by atoms with Crippen molar-refractivity contribution in [2.24, 2.45) is 0 Å². The van der Waals surface area contributed by atoms with Crippen LogP contribution in [0.4, 0.5) is 0 Å². The van der Waals surface area contributed by atoms with Gasteiger partial charge in [0, 0.05) is 16.3 Å². The average molecular weight is 359 g/mol. The maximum absolute atomic E-state index is 12.3. The molecular weight excluding hydrogens is 342 g/mol. The monoisotopic (exact) mass is 359 g/mol. The van der Waals surface area contributed by atoms with E-state index in [9.17, 15) is 4.79 Å². The first kappa shape index (κ1) is 15.1. The predicted octanol–water partition coefficient (Wildman–Crippen LogP) is 3.91. The highest BCUT2D eigenvalue weighted by Gasteiger charge is 2.26. The molecule has 6 rings (SSSR count). The van der Waals surface area contributed by atoms with E-state index < -0.39 is 0 Å². The highest BCUT2D eigenvalue weighted by atomic mass is 16.5. The van der Waals surface area contributed by atoms with Crippen LogP contribution in [0.15, 0.2) is 36.6 Å². The molecule has 5 nitrogen and oxygen atoms in total. The van der Waals surface area contributed by atoms with Gasteiger partial charge in [-0.2, -0.15) is 0 Å². The zero-order chi connectivity index (χ0) is 18.0. The van der Waals surface area contributed by atoms with E-state index in [1.807, 2.05) is 30.3 Å². The van der Waals surface area contributed by atoms with Gasteiger partial charge in [-0.15, -0.1) is 0 Å². The lowest BCUT2D eigenvalue weighted by atomic mass is 9.91. The molecule has 0 unspecified atom stereocenters. The van der Waals surface area contributed by atoms with Gasteiger partial charge in [0.25, 0.3) is 0 Å². The van der Waals surface area contributed by atoms with E-state index in [1.165, 1.54) is 5.56 Å². The summed E-state index contributed by atoms with van der Waals surface area (Å²) in [6.45, 7) is 1.51. The van der Waals surface area contributed by atoms with Crippen molar-refractivity contribution in [3.63, 3.8) is 0 Å². The number of nitrogens with one attached hydrogen (secondary N) is 1. The second kappa shape index (κ2) is 5.47. The summed E-state index contributed by atoms with van der Waals surface area (Å²) < 4.78 is 17.1. The van der Waals surface area contributed by atoms with Crippen molar-refractivity contribution in [2.75, 3.05) is 6.54 Å². The molecule has 3 aliphatic rings. The Morgan fingerprint density at radius 3 is 2.96 bits per heavy atom. The zero-order valence-corrected chi connectivity index (χ0v) is 14.6. The number of carbonyl (C=O) groups excluding carboxylic acids is 1. The molecule has 0 radical (unpaired) electrons. The van der Waals surface area contributed by atoms with Crippen LogP contribution >= 0.6 is 0 Å². The van der Waals surface area contributed by atoms with Crippen molar-refractivity contribution in [3.05, 3.63) is 47.7 Å². The van der Waals surface area contributed by atoms with Gasteiger partial charge in [0.15, 0.2) is 0 Å². The van der Waals surface area contributed by atoms with Crippen LogP contribution < -0.4 is 19.5 Å². The van der Waals surface area contributed by atoms with E-state index in [-0.39, 0.29) is 12.0 Å². The molecule has 0 aromatic heterocycles. The Balaban J connectivity index is 1.50. The Morgan fingerprint density at radius 1 is 1.19 bits per heavy atom. The largest absolute Gasteiger partial charge is 0.488 e. The van der Waals surface area contributed by atoms with Crippen molar-refractivity contribution in [3.8, 4) is 17.2 Å². The smallest absolute Gasteiger partial charge is 0.328 e. The first-order valence-corrected chi connectivity index (χ1v) is 9.25. The van der Waals surface area contributed by atoms with Crippen LogP contribution in [-0.4, -0.2) is 18.6 Å². The Morgan fingerprint density at radius 2 is 2.15 bits per heavy atom. The topological polar surface area (TPSA) is 56.8 Å². The normalized spacial score (nSPS) is 19.3. The van der Waals surface area contributed by atoms with Crippen LogP contribution in [0.2, 0.25) is 0 Å². The molecule has 1 fully saturated rings. The van der Waals surface area contributed by atoms with Gasteiger partial charge in [0.1, 0.15) is 29.9 Å². The Labute approximate surface area is 155 Å². The van der Waals surface area contributed by atoms with E-state index >= 15 is 0 Å². The van der Waals surface area contributed by atoms with Crippen molar-refractivity contribution < 1.29 is 19.0 Å². The minimum atomic E-state index is -0.220. The molecule has 3 aliphatic heterocycles. The number of ether oxygens (including phenoxy) is 3. The van der Waals surface area contributed by atoms with E-state index in [4.69, 9.17) is 14.2 Å². The summed E-state index contributed by atoms with van der Waals surface area (Å²) in [6, 6.07) is 9.72. The molecule has 0 bridgehead atoms. The van der Waals surface area contributed by atoms with Crippen molar-refractivity contribution >= 4 is 33.6 Å². The summed E-state index contributed by atoms with van der Waals surface area (Å²) in [5, 5.41) is 7.35. The van der Waals surface area contributed by atoms with Gasteiger partial charge in [0.05, 0.1) is 6.26 Å². The number of rotatable bonds is 2. The van der Waals surface area contributed by atoms with Gasteiger partial charge in [0.2, 0.25) is 0 Å². The lowest BCUT2D eigenvalue weighted by molar-refractivity contribution is -0.136. The second-order valence-corrected chi connectivity index (χ2v) is 7.24. The molecular formula is C22H17NO4. The van der Waals surface area contributed by atoms with Crippen molar-refractivity contribution in [1.82, 2.24) is 5.32 Å². The predicted molar refractivity (Wildman–Crippen MR) is 102 cm³/mol. The molecule has 0 aliphatic carbocycles. The molecule has 134 valence electrons. The lowest BCUT2D eigenvalue weighted by Crippen LogP contribution is -2.34. The molecule has 0 spiro atoms. The fourth-order valence-electron chi connectivity index (χ4n) is 4.25. The second-order valence-electron chi connectivity index (χ2n) is 7.24. The van der Waals surface area contributed by atoms with Gasteiger partial charge in [-0.05, 0) is 72.1 Å². The number of benzene rings is 3. The summed E-state index contributed by atoms with van der Waals surface area (Å²) in [7, 11) is 0. The quantitative estimate of drug-likeness (QED) is 0.427. The molecule has 0 amide bonds. The highest BCUT2D eigenvalue weighted by molar-refractivity contribution is 6.17. The molecule has 3 aromatic carbocycles. The number of hydrogen-bond donors (Lipinski definition) is 1. The SMILES string of the molecule is O=C(Oc1ccc2c(c1)cc1c3c(cc4c(c32)OC4)C=CO1)[C@@H]1CCCN1. The molecule has 1 N–H and O–H groups in total. The summed E-state index contributed by atoms with van der Waals surface area (Å²) in [5.74, 6) is 2.06. The highest BCUT2D eigenvalue weighted by Crippen LogP contribution is 2.48. The van der Waals surface area contributed by atoms with Gasteiger partial charge in [-0.1, -0.05) is 0 Å². The summed E-state index contributed by atoms with van der Waals surface area (Å²) in [4.78, 5) is 12.3. The van der Waals surface area contributed by atoms with Gasteiger partial charge >= 0.3 is 5.97 Å². The standard InChI is InChI=1S/C22H17NO4/c24-22(17-2-1-6-23-17)27-15-3-4-16-13(9-15)10-18-19-12(5-7-25-18)8-14-11-26-21(14)20(16)19/h3-5,7-10,17,23H,1-2,6,11H2/t17-/m0/s1. The van der Waals surface area contributed by atoms with Crippen LogP contribution in [0.25, 0.3) is 27.6 Å². The Hall–Kier alpha value is -3.05. The van der Waals surface area contributed by atoms with Crippen LogP contribution in [0.1, 0.15) is 24.0 Å². The minimum Gasteiger partial charge on any atom is -0.488 e. The molecule has 27 heavy (non-hydrogen) atoms. The molecule has 1 saturated heterocycles. The third-order valence-corrected chi connectivity index (χ3v) is 5.59. The van der Waals surface area contributed by atoms with Crippen molar-refractivity contribution in [2.45, 2.75) is 25.5 Å². The fourth-order valence-corrected chi connectivity index (χ4v) is 4.25. The number of carbonyl (C=O) groups is 1. The third-order valence-electron chi connectivity index (χ3n) is 5.59. The molecule has 5 heteroatoms. The third kappa shape index (κ3) is 2.18. The van der Waals surface area contributed by atoms with Gasteiger partial charge in [-0.3, -0.25) is 0 Å². The van der Waals surface area contributed by atoms with Crippen LogP contribution in [0.3, 0.4) is 0 Å². The molecule has 0 saturated carbocycles. The lowest BCUT2D eigenvalue weighted by Gasteiger charge is -2.26. The number of esters is 1. The summed E-state index contributed by atoms with van der Waals surface area (Å²) >= 11 is 0. The minimum absolute atomic E-state index is 0.206. The van der Waals surface area contributed by atoms with Crippen LogP contribution in [0, 0.1) is 0 Å². The van der Waals surface area contributed by atoms with E-state index in [0.717, 1.165) is 58.0 Å². The van der Waals surface area contributed by atoms with E-state index in [0.29, 0.717) is 12.4 Å². The first-order chi connectivity index (χ1) is 13.3. The maximum Gasteiger partial charge on any atom is 0.328 e. The Kier molecular flexibility index (Phi) is 3.05. The maximum atomic E-state index is 12.3. The average Bonchev–Trinajstić information content (AvgIpc) is 3.19. The first-order valence-electron chi connectivity index (χ1n) is 9.25. The zero-order valence-electron chi connectivity index (χ0n) is 14.6. The molecule has 3 aromatic rings.